The molecule has 4 nitrogen and oxygen atoms in total. The maximum absolute atomic E-state index is 14.5. The van der Waals surface area contributed by atoms with E-state index in [1.807, 2.05) is 0 Å². The summed E-state index contributed by atoms with van der Waals surface area (Å²) in [6.45, 7) is 3.40. The van der Waals surface area contributed by atoms with Crippen LogP contribution in [-0.2, 0) is 0 Å². The summed E-state index contributed by atoms with van der Waals surface area (Å²) in [5, 5.41) is 2.27. The quantitative estimate of drug-likeness (QED) is 0.543. The molecule has 0 saturated carbocycles. The molecule has 28 heavy (non-hydrogen) atoms. The third-order valence-corrected chi connectivity index (χ3v) is 4.72. The van der Waals surface area contributed by atoms with Crippen molar-refractivity contribution in [2.24, 2.45) is 0 Å². The topological polar surface area (TPSA) is 51.2 Å². The molecule has 0 unspecified atom stereocenters. The zero-order valence-corrected chi connectivity index (χ0v) is 15.3. The van der Waals surface area contributed by atoms with Gasteiger partial charge in [0.05, 0.1) is 10.2 Å². The predicted octanol–water partition coefficient (Wildman–Crippen LogP) is 5.85. The Morgan fingerprint density at radius 2 is 1.89 bits per heavy atom. The largest absolute Gasteiger partial charge is 0.573 e. The number of hydrogen-bond acceptors (Lipinski definition) is 4. The van der Waals surface area contributed by atoms with Gasteiger partial charge in [0.15, 0.2) is 5.13 Å². The second-order valence-electron chi connectivity index (χ2n) is 6.13. The first kappa shape index (κ1) is 20.0. The molecule has 0 bridgehead atoms. The summed E-state index contributed by atoms with van der Waals surface area (Å²) in [5.41, 5.74) is -0.261. The van der Waals surface area contributed by atoms with Gasteiger partial charge in [0, 0.05) is 6.07 Å². The molecule has 0 aliphatic rings. The Hall–Kier alpha value is -2.75. The average molecular weight is 416 g/mol. The number of hydrogen-bond donors (Lipinski definition) is 1. The zero-order chi connectivity index (χ0) is 20.6. The summed E-state index contributed by atoms with van der Waals surface area (Å²) in [4.78, 5) is 16.4. The summed E-state index contributed by atoms with van der Waals surface area (Å²) >= 11 is 0.847. The highest BCUT2D eigenvalue weighted by molar-refractivity contribution is 7.22. The molecule has 1 N–H and O–H groups in total. The number of halogens is 5. The van der Waals surface area contributed by atoms with Gasteiger partial charge in [-0.1, -0.05) is 31.3 Å². The van der Waals surface area contributed by atoms with E-state index in [1.165, 1.54) is 12.1 Å². The van der Waals surface area contributed by atoms with E-state index in [-0.39, 0.29) is 16.6 Å². The third-order valence-electron chi connectivity index (χ3n) is 3.78. The number of alkyl halides is 3. The number of anilines is 1. The second kappa shape index (κ2) is 7.34. The molecule has 0 spiro atoms. The van der Waals surface area contributed by atoms with Gasteiger partial charge in [-0.05, 0) is 29.7 Å². The van der Waals surface area contributed by atoms with Gasteiger partial charge >= 0.3 is 6.36 Å². The molecule has 2 aromatic carbocycles. The van der Waals surface area contributed by atoms with Crippen molar-refractivity contribution in [3.8, 4) is 5.75 Å². The lowest BCUT2D eigenvalue weighted by molar-refractivity contribution is -0.274. The van der Waals surface area contributed by atoms with Crippen molar-refractivity contribution in [2.45, 2.75) is 26.1 Å². The molecule has 10 heteroatoms. The fourth-order valence-electron chi connectivity index (χ4n) is 2.54. The minimum absolute atomic E-state index is 0.0158. The Balaban J connectivity index is 1.89. The van der Waals surface area contributed by atoms with Crippen molar-refractivity contribution in [3.05, 3.63) is 53.1 Å². The minimum Gasteiger partial charge on any atom is -0.406 e. The van der Waals surface area contributed by atoms with E-state index >= 15 is 0 Å². The number of nitrogens with one attached hydrogen (secondary N) is 1. The SMILES string of the molecule is CC(C)c1ccc(F)c(C(=O)Nc2nc3ccc(OC(F)(F)F)cc3s2)c1F. The minimum atomic E-state index is -4.84. The monoisotopic (exact) mass is 416 g/mol. The van der Waals surface area contributed by atoms with E-state index in [1.54, 1.807) is 13.8 Å². The Kier molecular flexibility index (Phi) is 5.24. The van der Waals surface area contributed by atoms with E-state index in [0.717, 1.165) is 29.5 Å². The van der Waals surface area contributed by atoms with Crippen molar-refractivity contribution in [3.63, 3.8) is 0 Å². The Morgan fingerprint density at radius 3 is 2.54 bits per heavy atom. The van der Waals surface area contributed by atoms with Gasteiger partial charge in [0.2, 0.25) is 0 Å². The maximum Gasteiger partial charge on any atom is 0.573 e. The van der Waals surface area contributed by atoms with Crippen molar-refractivity contribution in [2.75, 3.05) is 5.32 Å². The second-order valence-corrected chi connectivity index (χ2v) is 7.16. The highest BCUT2D eigenvalue weighted by Crippen LogP contribution is 2.32. The molecule has 0 fully saturated rings. The Bertz CT molecular complexity index is 1050. The number of ether oxygens (including phenoxy) is 1. The van der Waals surface area contributed by atoms with Crippen LogP contribution in [0.3, 0.4) is 0 Å². The number of amides is 1. The van der Waals surface area contributed by atoms with Crippen molar-refractivity contribution < 1.29 is 31.5 Å². The summed E-state index contributed by atoms with van der Waals surface area (Å²) in [6.07, 6.45) is -4.84. The van der Waals surface area contributed by atoms with Gasteiger partial charge in [0.1, 0.15) is 22.9 Å². The average Bonchev–Trinajstić information content (AvgIpc) is 2.94. The Labute approximate surface area is 160 Å². The first-order chi connectivity index (χ1) is 13.0. The van der Waals surface area contributed by atoms with Crippen molar-refractivity contribution >= 4 is 32.6 Å². The van der Waals surface area contributed by atoms with Crippen LogP contribution >= 0.6 is 11.3 Å². The molecule has 0 aliphatic carbocycles. The van der Waals surface area contributed by atoms with Crippen LogP contribution in [0, 0.1) is 11.6 Å². The lowest BCUT2D eigenvalue weighted by atomic mass is 9.99. The number of carbonyl (C=O) groups is 1. The Morgan fingerprint density at radius 1 is 1.18 bits per heavy atom. The van der Waals surface area contributed by atoms with Gasteiger partial charge < -0.3 is 4.74 Å². The van der Waals surface area contributed by atoms with Gasteiger partial charge in [-0.2, -0.15) is 0 Å². The normalized spacial score (nSPS) is 11.9. The van der Waals surface area contributed by atoms with Gasteiger partial charge in [-0.25, -0.2) is 13.8 Å². The predicted molar refractivity (Wildman–Crippen MR) is 94.7 cm³/mol. The van der Waals surface area contributed by atoms with E-state index in [9.17, 15) is 26.7 Å². The van der Waals surface area contributed by atoms with Crippen LogP contribution < -0.4 is 10.1 Å². The lowest BCUT2D eigenvalue weighted by Crippen LogP contribution is -2.17. The number of benzene rings is 2. The fourth-order valence-corrected chi connectivity index (χ4v) is 3.43. The molecule has 3 aromatic rings. The van der Waals surface area contributed by atoms with Crippen LogP contribution in [0.1, 0.15) is 35.7 Å². The molecule has 0 saturated heterocycles. The van der Waals surface area contributed by atoms with Gasteiger partial charge in [-0.3, -0.25) is 10.1 Å². The van der Waals surface area contributed by atoms with E-state index in [0.29, 0.717) is 10.2 Å². The molecular formula is C18H13F5N2O2S. The number of aromatic nitrogens is 1. The summed E-state index contributed by atoms with van der Waals surface area (Å²) in [6, 6.07) is 5.74. The standard InChI is InChI=1S/C18H13F5N2O2S/c1-8(2)10-4-5-11(19)14(15(10)20)16(26)25-17-24-12-6-3-9(7-13(12)28-17)27-18(21,22)23/h3-8H,1-2H3,(H,24,25,26). The van der Waals surface area contributed by atoms with Crippen LogP contribution in [0.4, 0.5) is 27.1 Å². The molecule has 1 amide bonds. The molecule has 1 aromatic heterocycles. The molecule has 148 valence electrons. The van der Waals surface area contributed by atoms with E-state index < -0.39 is 35.2 Å². The molecule has 0 atom stereocenters. The van der Waals surface area contributed by atoms with E-state index in [4.69, 9.17) is 0 Å². The van der Waals surface area contributed by atoms with Crippen LogP contribution in [0.15, 0.2) is 30.3 Å². The number of rotatable bonds is 4. The molecule has 0 radical (unpaired) electrons. The summed E-state index contributed by atoms with van der Waals surface area (Å²) < 4.78 is 69.6. The summed E-state index contributed by atoms with van der Waals surface area (Å²) in [7, 11) is 0. The number of fused-ring (bicyclic) bond motifs is 1. The molecule has 1 heterocycles. The smallest absolute Gasteiger partial charge is 0.406 e. The first-order valence-electron chi connectivity index (χ1n) is 8.00. The van der Waals surface area contributed by atoms with Crippen LogP contribution in [0.25, 0.3) is 10.2 Å². The maximum atomic E-state index is 14.5. The number of thiazole rings is 1. The highest BCUT2D eigenvalue weighted by atomic mass is 32.1. The van der Waals surface area contributed by atoms with Crippen molar-refractivity contribution in [1.82, 2.24) is 4.98 Å². The molecule has 3 rings (SSSR count). The van der Waals surface area contributed by atoms with E-state index in [2.05, 4.69) is 15.0 Å². The van der Waals surface area contributed by atoms with Crippen molar-refractivity contribution in [1.29, 1.82) is 0 Å². The summed E-state index contributed by atoms with van der Waals surface area (Å²) in [5.74, 6) is -3.73. The molecular weight excluding hydrogens is 403 g/mol. The van der Waals surface area contributed by atoms with Crippen LogP contribution in [0.2, 0.25) is 0 Å². The third kappa shape index (κ3) is 4.22. The zero-order valence-electron chi connectivity index (χ0n) is 14.5. The fraction of sp³-hybridized carbons (Fsp3) is 0.222. The number of nitrogens with zero attached hydrogens (tertiary/aromatic N) is 1. The lowest BCUT2D eigenvalue weighted by Gasteiger charge is -2.11. The number of carbonyl (C=O) groups excluding carboxylic acids is 1. The highest BCUT2D eigenvalue weighted by Gasteiger charge is 2.31. The van der Waals surface area contributed by atoms with Crippen LogP contribution in [-0.4, -0.2) is 17.3 Å². The van der Waals surface area contributed by atoms with Gasteiger partial charge in [0.25, 0.3) is 5.91 Å². The van der Waals surface area contributed by atoms with Crippen LogP contribution in [0.5, 0.6) is 5.75 Å². The van der Waals surface area contributed by atoms with Gasteiger partial charge in [-0.15, -0.1) is 13.2 Å². The molecule has 0 aliphatic heterocycles. The first-order valence-corrected chi connectivity index (χ1v) is 8.82.